The standard InChI is InChI=1S/C77H126O6/c1-4-7-10-13-16-19-22-25-27-29-31-33-35-36-37-38-39-40-42-43-45-47-49-52-55-58-61-64-67-70-76(79)82-73-74(72-81-75(78)69-66-63-60-57-54-51-24-21-18-15-12-9-6-3)83-77(80)71-68-65-62-59-56-53-50-48-46-44-41-34-32-30-28-26-23-20-17-14-11-8-5-2/h7,9-10,12,16,18-19,21,25,27,30-33,36-37,39-40,43,45,51,54,60,63,74H,4-6,8,11,13-15,17,20,22-24,26,28-29,34-35,38,41-42,44,46-50,52-53,55-59,61-62,64-73H2,1-3H3/b10-7-,12-9-,19-16-,21-18-,27-25-,32-30-,33-31-,37-36-,40-39-,45-43-,54-51-,63-60-. The number of carbonyl (C=O) groups is 3. The van der Waals surface area contributed by atoms with E-state index in [1.54, 1.807) is 0 Å². The summed E-state index contributed by atoms with van der Waals surface area (Å²) in [6.45, 7) is 6.35. The molecular weight excluding hydrogens is 1020 g/mol. The van der Waals surface area contributed by atoms with Crippen LogP contribution in [0.1, 0.15) is 303 Å². The lowest BCUT2D eigenvalue weighted by molar-refractivity contribution is -0.166. The van der Waals surface area contributed by atoms with Crippen molar-refractivity contribution >= 4 is 17.9 Å². The summed E-state index contributed by atoms with van der Waals surface area (Å²) in [5.74, 6) is -1.00. The lowest BCUT2D eigenvalue weighted by Gasteiger charge is -2.18. The average Bonchev–Trinajstić information content (AvgIpc) is 3.49. The Labute approximate surface area is 512 Å². The van der Waals surface area contributed by atoms with Gasteiger partial charge < -0.3 is 14.2 Å². The fraction of sp³-hybridized carbons (Fsp3) is 0.649. The molecule has 0 spiro atoms. The molecule has 0 aliphatic rings. The summed E-state index contributed by atoms with van der Waals surface area (Å²) in [5.41, 5.74) is 0. The highest BCUT2D eigenvalue weighted by atomic mass is 16.6. The topological polar surface area (TPSA) is 78.9 Å². The summed E-state index contributed by atoms with van der Waals surface area (Å²) in [7, 11) is 0. The van der Waals surface area contributed by atoms with E-state index < -0.39 is 6.10 Å². The Bertz CT molecular complexity index is 1800. The Morgan fingerprint density at radius 3 is 0.819 bits per heavy atom. The maximum Gasteiger partial charge on any atom is 0.306 e. The predicted molar refractivity (Wildman–Crippen MR) is 362 cm³/mol. The molecule has 0 heterocycles. The van der Waals surface area contributed by atoms with E-state index >= 15 is 0 Å². The smallest absolute Gasteiger partial charge is 0.306 e. The highest BCUT2D eigenvalue weighted by Crippen LogP contribution is 2.16. The number of hydrogen-bond acceptors (Lipinski definition) is 6. The Morgan fingerprint density at radius 2 is 0.494 bits per heavy atom. The van der Waals surface area contributed by atoms with E-state index in [0.717, 1.165) is 116 Å². The number of rotatable bonds is 61. The molecule has 0 amide bonds. The summed E-state index contributed by atoms with van der Waals surface area (Å²) >= 11 is 0. The molecule has 470 valence electrons. The number of ether oxygens (including phenoxy) is 3. The molecule has 83 heavy (non-hydrogen) atoms. The molecule has 1 atom stereocenters. The Balaban J connectivity index is 4.37. The number of hydrogen-bond donors (Lipinski definition) is 0. The second-order valence-electron chi connectivity index (χ2n) is 22.3. The molecule has 0 radical (unpaired) electrons. The average molecular weight is 1150 g/mol. The number of unbranched alkanes of at least 4 members (excludes halogenated alkanes) is 26. The third-order valence-corrected chi connectivity index (χ3v) is 14.3. The van der Waals surface area contributed by atoms with E-state index in [-0.39, 0.29) is 37.5 Å². The fourth-order valence-corrected chi connectivity index (χ4v) is 9.26. The van der Waals surface area contributed by atoms with Gasteiger partial charge in [-0.05, 0) is 128 Å². The maximum atomic E-state index is 12.9. The van der Waals surface area contributed by atoms with Crippen LogP contribution in [-0.4, -0.2) is 37.2 Å². The lowest BCUT2D eigenvalue weighted by Crippen LogP contribution is -2.30. The van der Waals surface area contributed by atoms with Crippen LogP contribution in [0.2, 0.25) is 0 Å². The molecule has 0 saturated heterocycles. The third-order valence-electron chi connectivity index (χ3n) is 14.3. The van der Waals surface area contributed by atoms with Crippen LogP contribution in [0.4, 0.5) is 0 Å². The Morgan fingerprint density at radius 1 is 0.253 bits per heavy atom. The minimum Gasteiger partial charge on any atom is -0.462 e. The molecule has 0 rings (SSSR count). The minimum atomic E-state index is -0.819. The molecule has 0 aliphatic heterocycles. The van der Waals surface area contributed by atoms with Gasteiger partial charge in [-0.15, -0.1) is 0 Å². The first-order valence-corrected chi connectivity index (χ1v) is 34.3. The highest BCUT2D eigenvalue weighted by molar-refractivity contribution is 5.71. The van der Waals surface area contributed by atoms with Gasteiger partial charge in [-0.1, -0.05) is 301 Å². The summed E-state index contributed by atoms with van der Waals surface area (Å²) < 4.78 is 16.9. The van der Waals surface area contributed by atoms with Crippen molar-refractivity contribution in [3.05, 3.63) is 146 Å². The molecular formula is C77H126O6. The van der Waals surface area contributed by atoms with Crippen molar-refractivity contribution in [3.8, 4) is 0 Å². The minimum absolute atomic E-state index is 0.110. The van der Waals surface area contributed by atoms with Gasteiger partial charge in [-0.25, -0.2) is 0 Å². The van der Waals surface area contributed by atoms with Crippen LogP contribution in [0.3, 0.4) is 0 Å². The van der Waals surface area contributed by atoms with Crippen molar-refractivity contribution in [1.82, 2.24) is 0 Å². The van der Waals surface area contributed by atoms with Crippen molar-refractivity contribution in [2.24, 2.45) is 0 Å². The Hall–Kier alpha value is -4.71. The van der Waals surface area contributed by atoms with E-state index in [0.29, 0.717) is 19.3 Å². The van der Waals surface area contributed by atoms with Crippen molar-refractivity contribution in [2.45, 2.75) is 309 Å². The van der Waals surface area contributed by atoms with Crippen LogP contribution in [0.15, 0.2) is 146 Å². The summed E-state index contributed by atoms with van der Waals surface area (Å²) in [6, 6.07) is 0. The molecule has 0 N–H and O–H groups in total. The predicted octanol–water partition coefficient (Wildman–Crippen LogP) is 23.9. The van der Waals surface area contributed by atoms with Crippen LogP contribution < -0.4 is 0 Å². The van der Waals surface area contributed by atoms with Crippen molar-refractivity contribution in [1.29, 1.82) is 0 Å². The van der Waals surface area contributed by atoms with E-state index in [1.807, 2.05) is 6.08 Å². The van der Waals surface area contributed by atoms with E-state index in [9.17, 15) is 14.4 Å². The molecule has 0 aliphatic carbocycles. The molecule has 0 saturated carbocycles. The van der Waals surface area contributed by atoms with Gasteiger partial charge in [0.15, 0.2) is 6.10 Å². The summed E-state index contributed by atoms with van der Waals surface area (Å²) in [6.07, 6.45) is 100. The van der Waals surface area contributed by atoms with Crippen LogP contribution in [-0.2, 0) is 28.6 Å². The van der Waals surface area contributed by atoms with Crippen molar-refractivity contribution in [3.63, 3.8) is 0 Å². The molecule has 0 aromatic heterocycles. The second kappa shape index (κ2) is 69.8. The molecule has 0 fully saturated rings. The van der Waals surface area contributed by atoms with Gasteiger partial charge >= 0.3 is 17.9 Å². The molecule has 0 bridgehead atoms. The molecule has 0 aromatic rings. The zero-order valence-electron chi connectivity index (χ0n) is 53.9. The van der Waals surface area contributed by atoms with E-state index in [4.69, 9.17) is 14.2 Å². The largest absolute Gasteiger partial charge is 0.462 e. The fourth-order valence-electron chi connectivity index (χ4n) is 9.26. The Kier molecular flexibility index (Phi) is 65.8. The number of esters is 3. The second-order valence-corrected chi connectivity index (χ2v) is 22.3. The van der Waals surface area contributed by atoms with Gasteiger partial charge in [0.25, 0.3) is 0 Å². The zero-order chi connectivity index (χ0) is 59.9. The summed E-state index contributed by atoms with van der Waals surface area (Å²) in [4.78, 5) is 38.3. The van der Waals surface area contributed by atoms with E-state index in [1.165, 1.54) is 141 Å². The van der Waals surface area contributed by atoms with Crippen LogP contribution >= 0.6 is 0 Å². The normalized spacial score (nSPS) is 13.0. The molecule has 1 unspecified atom stereocenters. The first kappa shape index (κ1) is 78.3. The quantitative estimate of drug-likeness (QED) is 0.0261. The van der Waals surface area contributed by atoms with Gasteiger partial charge in [0, 0.05) is 19.3 Å². The van der Waals surface area contributed by atoms with Gasteiger partial charge in [0.05, 0.1) is 0 Å². The van der Waals surface area contributed by atoms with Crippen LogP contribution in [0.25, 0.3) is 0 Å². The van der Waals surface area contributed by atoms with Gasteiger partial charge in [0.2, 0.25) is 0 Å². The number of allylic oxidation sites excluding steroid dienone is 24. The first-order valence-electron chi connectivity index (χ1n) is 34.3. The number of carbonyl (C=O) groups excluding carboxylic acids is 3. The van der Waals surface area contributed by atoms with Gasteiger partial charge in [-0.2, -0.15) is 0 Å². The monoisotopic (exact) mass is 1150 g/mol. The highest BCUT2D eigenvalue weighted by Gasteiger charge is 2.19. The third kappa shape index (κ3) is 68.0. The van der Waals surface area contributed by atoms with Crippen molar-refractivity contribution in [2.75, 3.05) is 13.2 Å². The molecule has 0 aromatic carbocycles. The summed E-state index contributed by atoms with van der Waals surface area (Å²) in [5, 5.41) is 0. The van der Waals surface area contributed by atoms with Crippen LogP contribution in [0.5, 0.6) is 0 Å². The van der Waals surface area contributed by atoms with Crippen LogP contribution in [0, 0.1) is 0 Å². The SMILES string of the molecule is CC/C=C\C/C=C\C/C=C\C/C=C\C/C=C\C/C=C\C/C=C\CCCCCCCCCC(=O)OCC(COC(=O)CC/C=C\C/C=C\C/C=C\C/C=C\CC)OC(=O)CCCCCCCCCCCCC/C=C\CCCCCCCCCC. The first-order chi connectivity index (χ1) is 41.0. The van der Waals surface area contributed by atoms with E-state index in [2.05, 4.69) is 161 Å². The zero-order valence-corrected chi connectivity index (χ0v) is 53.9. The van der Waals surface area contributed by atoms with Crippen molar-refractivity contribution < 1.29 is 28.6 Å². The van der Waals surface area contributed by atoms with Gasteiger partial charge in [-0.3, -0.25) is 14.4 Å². The maximum absolute atomic E-state index is 12.9. The molecule has 6 heteroatoms. The lowest BCUT2D eigenvalue weighted by atomic mass is 10.0. The molecule has 6 nitrogen and oxygen atoms in total. The van der Waals surface area contributed by atoms with Gasteiger partial charge in [0.1, 0.15) is 13.2 Å².